The van der Waals surface area contributed by atoms with Crippen LogP contribution in [0.5, 0.6) is 5.75 Å². The van der Waals surface area contributed by atoms with Gasteiger partial charge in [0, 0.05) is 6.42 Å². The van der Waals surface area contributed by atoms with Crippen molar-refractivity contribution >= 4 is 0 Å². The Kier molecular flexibility index (Phi) is 4.92. The van der Waals surface area contributed by atoms with E-state index in [-0.39, 0.29) is 0 Å². The predicted molar refractivity (Wildman–Crippen MR) is 68.9 cm³/mol. The average Bonchev–Trinajstić information content (AvgIpc) is 2.25. The molecule has 1 nitrogen and oxygen atoms in total. The normalized spacial score (nSPS) is 9.50. The molecule has 16 heavy (non-hydrogen) atoms. The van der Waals surface area contributed by atoms with Crippen molar-refractivity contribution in [2.45, 2.75) is 40.5 Å². The zero-order valence-corrected chi connectivity index (χ0v) is 10.7. The first-order valence-electron chi connectivity index (χ1n) is 5.81. The van der Waals surface area contributed by atoms with Crippen LogP contribution in [0.4, 0.5) is 0 Å². The first-order chi connectivity index (χ1) is 7.69. The third-order valence-corrected chi connectivity index (χ3v) is 2.63. The Morgan fingerprint density at radius 3 is 2.56 bits per heavy atom. The topological polar surface area (TPSA) is 9.23 Å². The Labute approximate surface area is 98.8 Å². The van der Waals surface area contributed by atoms with Crippen LogP contribution in [0.1, 0.15) is 37.0 Å². The molecular weight excluding hydrogens is 196 g/mol. The maximum Gasteiger partial charge on any atom is 0.122 e. The first-order valence-corrected chi connectivity index (χ1v) is 5.81. The monoisotopic (exact) mass is 216 g/mol. The molecule has 0 aromatic heterocycles. The molecule has 1 aromatic rings. The summed E-state index contributed by atoms with van der Waals surface area (Å²) in [7, 11) is 0. The van der Waals surface area contributed by atoms with E-state index >= 15 is 0 Å². The lowest BCUT2D eigenvalue weighted by Gasteiger charge is -2.11. The van der Waals surface area contributed by atoms with Gasteiger partial charge in [0.15, 0.2) is 0 Å². The van der Waals surface area contributed by atoms with Crippen molar-refractivity contribution in [1.82, 2.24) is 0 Å². The molecule has 0 atom stereocenters. The maximum atomic E-state index is 5.57. The van der Waals surface area contributed by atoms with Crippen LogP contribution in [0.3, 0.4) is 0 Å². The molecule has 0 radical (unpaired) electrons. The molecule has 0 aliphatic carbocycles. The molecule has 86 valence electrons. The van der Waals surface area contributed by atoms with Crippen molar-refractivity contribution in [2.24, 2.45) is 0 Å². The summed E-state index contributed by atoms with van der Waals surface area (Å²) in [4.78, 5) is 0. The molecular formula is C15H20O. The summed E-state index contributed by atoms with van der Waals surface area (Å²) >= 11 is 0. The highest BCUT2D eigenvalue weighted by Crippen LogP contribution is 2.23. The van der Waals surface area contributed by atoms with Crippen molar-refractivity contribution in [3.63, 3.8) is 0 Å². The minimum absolute atomic E-state index is 0.723. The van der Waals surface area contributed by atoms with Crippen LogP contribution >= 0.6 is 0 Å². The van der Waals surface area contributed by atoms with Crippen molar-refractivity contribution in [3.8, 4) is 17.6 Å². The summed E-state index contributed by atoms with van der Waals surface area (Å²) in [6.07, 6.45) is 1.96. The standard InChI is InChI=1S/C15H20O/c1-5-7-8-9-14-10-13(4)15(16-6-2)11-12(14)3/h10-11H,6,8-9H2,1-4H3. The second kappa shape index (κ2) is 6.23. The van der Waals surface area contributed by atoms with Crippen LogP contribution in [0.2, 0.25) is 0 Å². The molecule has 0 fully saturated rings. The highest BCUT2D eigenvalue weighted by atomic mass is 16.5. The third-order valence-electron chi connectivity index (χ3n) is 2.63. The van der Waals surface area contributed by atoms with Crippen molar-refractivity contribution in [3.05, 3.63) is 28.8 Å². The highest BCUT2D eigenvalue weighted by molar-refractivity contribution is 5.41. The fourth-order valence-electron chi connectivity index (χ4n) is 1.75. The Morgan fingerprint density at radius 2 is 1.94 bits per heavy atom. The third kappa shape index (κ3) is 3.31. The van der Waals surface area contributed by atoms with Crippen LogP contribution < -0.4 is 4.74 Å². The van der Waals surface area contributed by atoms with E-state index in [0.29, 0.717) is 0 Å². The van der Waals surface area contributed by atoms with Gasteiger partial charge in [-0.05, 0) is 56.9 Å². The fraction of sp³-hybridized carbons (Fsp3) is 0.467. The molecule has 0 unspecified atom stereocenters. The summed E-state index contributed by atoms with van der Waals surface area (Å²) in [6, 6.07) is 4.35. The van der Waals surface area contributed by atoms with Crippen LogP contribution in [-0.4, -0.2) is 6.61 Å². The van der Waals surface area contributed by atoms with Gasteiger partial charge in [-0.3, -0.25) is 0 Å². The highest BCUT2D eigenvalue weighted by Gasteiger charge is 2.04. The van der Waals surface area contributed by atoms with Crippen LogP contribution in [0.15, 0.2) is 12.1 Å². The van der Waals surface area contributed by atoms with E-state index in [1.807, 2.05) is 13.8 Å². The van der Waals surface area contributed by atoms with Crippen molar-refractivity contribution in [1.29, 1.82) is 0 Å². The number of hydrogen-bond donors (Lipinski definition) is 0. The van der Waals surface area contributed by atoms with Gasteiger partial charge in [-0.1, -0.05) is 6.07 Å². The zero-order valence-electron chi connectivity index (χ0n) is 10.7. The Balaban J connectivity index is 2.85. The molecule has 1 aromatic carbocycles. The quantitative estimate of drug-likeness (QED) is 0.698. The number of rotatable bonds is 4. The number of hydrogen-bond acceptors (Lipinski definition) is 1. The molecule has 0 aliphatic rings. The van der Waals surface area contributed by atoms with Gasteiger partial charge >= 0.3 is 0 Å². The maximum absolute atomic E-state index is 5.57. The molecule has 0 aliphatic heterocycles. The summed E-state index contributed by atoms with van der Waals surface area (Å²) in [5, 5.41) is 0. The van der Waals surface area contributed by atoms with Crippen LogP contribution in [0, 0.1) is 25.7 Å². The van der Waals surface area contributed by atoms with E-state index in [0.717, 1.165) is 25.2 Å². The lowest BCUT2D eigenvalue weighted by atomic mass is 10.0. The predicted octanol–water partition coefficient (Wildman–Crippen LogP) is 3.66. The molecule has 0 saturated carbocycles. The first kappa shape index (κ1) is 12.6. The Hall–Kier alpha value is -1.42. The molecule has 0 N–H and O–H groups in total. The van der Waals surface area contributed by atoms with E-state index in [4.69, 9.17) is 4.74 Å². The number of benzene rings is 1. The largest absolute Gasteiger partial charge is 0.494 e. The fourth-order valence-corrected chi connectivity index (χ4v) is 1.75. The summed E-state index contributed by atoms with van der Waals surface area (Å²) < 4.78 is 5.57. The van der Waals surface area contributed by atoms with Gasteiger partial charge in [0.25, 0.3) is 0 Å². The van der Waals surface area contributed by atoms with Gasteiger partial charge in [-0.2, -0.15) is 0 Å². The molecule has 1 heteroatoms. The minimum Gasteiger partial charge on any atom is -0.494 e. The minimum atomic E-state index is 0.723. The Morgan fingerprint density at radius 1 is 1.19 bits per heavy atom. The molecule has 1 rings (SSSR count). The number of ether oxygens (including phenoxy) is 1. The van der Waals surface area contributed by atoms with Gasteiger partial charge in [-0.15, -0.1) is 11.8 Å². The molecule has 0 amide bonds. The van der Waals surface area contributed by atoms with E-state index < -0.39 is 0 Å². The summed E-state index contributed by atoms with van der Waals surface area (Å²) in [5.41, 5.74) is 3.89. The van der Waals surface area contributed by atoms with Gasteiger partial charge in [-0.25, -0.2) is 0 Å². The van der Waals surface area contributed by atoms with Crippen LogP contribution in [0.25, 0.3) is 0 Å². The van der Waals surface area contributed by atoms with Gasteiger partial charge in [0.05, 0.1) is 6.61 Å². The lowest BCUT2D eigenvalue weighted by Crippen LogP contribution is -1.97. The van der Waals surface area contributed by atoms with Gasteiger partial charge < -0.3 is 4.74 Å². The van der Waals surface area contributed by atoms with E-state index in [2.05, 4.69) is 37.8 Å². The molecule has 0 bridgehead atoms. The molecule has 0 saturated heterocycles. The molecule has 0 heterocycles. The van der Waals surface area contributed by atoms with Gasteiger partial charge in [0.1, 0.15) is 5.75 Å². The van der Waals surface area contributed by atoms with E-state index in [9.17, 15) is 0 Å². The van der Waals surface area contributed by atoms with E-state index in [1.54, 1.807) is 0 Å². The van der Waals surface area contributed by atoms with Gasteiger partial charge in [0.2, 0.25) is 0 Å². The summed E-state index contributed by atoms with van der Waals surface area (Å²) in [5.74, 6) is 7.04. The van der Waals surface area contributed by atoms with E-state index in [1.165, 1.54) is 16.7 Å². The zero-order chi connectivity index (χ0) is 12.0. The second-order valence-electron chi connectivity index (χ2n) is 3.90. The van der Waals surface area contributed by atoms with Crippen molar-refractivity contribution < 1.29 is 4.74 Å². The van der Waals surface area contributed by atoms with Crippen molar-refractivity contribution in [2.75, 3.05) is 6.61 Å². The molecule has 0 spiro atoms. The smallest absolute Gasteiger partial charge is 0.122 e. The SMILES string of the molecule is CC#CCCc1cc(C)c(OCC)cc1C. The van der Waals surface area contributed by atoms with Crippen LogP contribution in [-0.2, 0) is 6.42 Å². The Bertz CT molecular complexity index is 407. The lowest BCUT2D eigenvalue weighted by molar-refractivity contribution is 0.337. The average molecular weight is 216 g/mol. The second-order valence-corrected chi connectivity index (χ2v) is 3.90. The summed E-state index contributed by atoms with van der Waals surface area (Å²) in [6.45, 7) is 8.85. The number of aryl methyl sites for hydroxylation is 3.